The second-order valence-electron chi connectivity index (χ2n) is 8.87. The van der Waals surface area contributed by atoms with E-state index in [9.17, 15) is 13.2 Å². The number of nitrogens with zero attached hydrogens (tertiary/aromatic N) is 1. The molecule has 0 radical (unpaired) electrons. The summed E-state index contributed by atoms with van der Waals surface area (Å²) in [6, 6.07) is 12.4. The zero-order valence-electron chi connectivity index (χ0n) is 19.4. The number of piperidine rings is 1. The minimum atomic E-state index is -3.62. The largest absolute Gasteiger partial charge is 0.497 e. The number of nitrogens with one attached hydrogen (secondary N) is 1. The van der Waals surface area contributed by atoms with E-state index in [4.69, 9.17) is 4.74 Å². The molecule has 2 aromatic carbocycles. The van der Waals surface area contributed by atoms with Crippen LogP contribution in [0.5, 0.6) is 5.75 Å². The quantitative estimate of drug-likeness (QED) is 0.622. The molecule has 6 nitrogen and oxygen atoms in total. The van der Waals surface area contributed by atoms with Crippen molar-refractivity contribution in [2.45, 2.75) is 57.4 Å². The summed E-state index contributed by atoms with van der Waals surface area (Å²) in [5.74, 6) is 0.853. The summed E-state index contributed by atoms with van der Waals surface area (Å²) in [5.41, 5.74) is 2.00. The fourth-order valence-corrected chi connectivity index (χ4v) is 5.86. The predicted molar refractivity (Wildman–Crippen MR) is 126 cm³/mol. The highest BCUT2D eigenvalue weighted by Crippen LogP contribution is 2.27. The maximum atomic E-state index is 13.2. The molecule has 1 aliphatic rings. The number of sulfonamides is 1. The Morgan fingerprint density at radius 1 is 1.06 bits per heavy atom. The lowest BCUT2D eigenvalue weighted by atomic mass is 9.96. The molecular formula is C25H34N2O4S. The number of amides is 1. The normalized spacial score (nSPS) is 16.0. The zero-order chi connectivity index (χ0) is 23.3. The highest BCUT2D eigenvalue weighted by atomic mass is 32.2. The van der Waals surface area contributed by atoms with Crippen LogP contribution in [-0.4, -0.2) is 38.8 Å². The van der Waals surface area contributed by atoms with Gasteiger partial charge in [-0.05, 0) is 67.5 Å². The van der Waals surface area contributed by atoms with Crippen LogP contribution in [0.15, 0.2) is 47.4 Å². The van der Waals surface area contributed by atoms with E-state index in [1.165, 1.54) is 6.07 Å². The van der Waals surface area contributed by atoms with Crippen molar-refractivity contribution in [3.8, 4) is 5.75 Å². The number of benzene rings is 2. The standard InChI is InChI=1S/C25H34N2O4S/c1-18(2)16-23(20-10-12-22(31-4)13-11-20)26-25(28)21-9-8-19(3)24(17-21)32(29,30)27-14-6-5-7-15-27/h8-13,17-18,23H,5-7,14-16H2,1-4H3,(H,26,28)/t23-/m1/s1. The summed E-state index contributed by atoms with van der Waals surface area (Å²) >= 11 is 0. The van der Waals surface area contributed by atoms with Gasteiger partial charge in [0.1, 0.15) is 5.75 Å². The third-order valence-electron chi connectivity index (χ3n) is 5.91. The lowest BCUT2D eigenvalue weighted by Gasteiger charge is -2.27. The SMILES string of the molecule is COc1ccc([C@@H](CC(C)C)NC(=O)c2ccc(C)c(S(=O)(=O)N3CCCCC3)c2)cc1. The van der Waals surface area contributed by atoms with E-state index in [2.05, 4.69) is 19.2 Å². The molecule has 1 aliphatic heterocycles. The van der Waals surface area contributed by atoms with Crippen molar-refractivity contribution >= 4 is 15.9 Å². The van der Waals surface area contributed by atoms with Crippen LogP contribution >= 0.6 is 0 Å². The van der Waals surface area contributed by atoms with Gasteiger partial charge in [-0.2, -0.15) is 4.31 Å². The molecule has 1 fully saturated rings. The Hall–Kier alpha value is -2.38. The molecule has 32 heavy (non-hydrogen) atoms. The van der Waals surface area contributed by atoms with E-state index in [-0.39, 0.29) is 16.8 Å². The fourth-order valence-electron chi connectivity index (χ4n) is 4.09. The van der Waals surface area contributed by atoms with E-state index in [1.54, 1.807) is 30.5 Å². The molecule has 0 saturated carbocycles. The van der Waals surface area contributed by atoms with Crippen LogP contribution < -0.4 is 10.1 Å². The summed E-state index contributed by atoms with van der Waals surface area (Å²) in [7, 11) is -2.00. The molecule has 1 N–H and O–H groups in total. The Morgan fingerprint density at radius 3 is 2.31 bits per heavy atom. The van der Waals surface area contributed by atoms with Gasteiger partial charge in [-0.25, -0.2) is 8.42 Å². The summed E-state index contributed by atoms with van der Waals surface area (Å²) in [6.45, 7) is 7.06. The third kappa shape index (κ3) is 5.70. The van der Waals surface area contributed by atoms with Crippen LogP contribution in [-0.2, 0) is 10.0 Å². The average Bonchev–Trinajstić information content (AvgIpc) is 2.79. The Morgan fingerprint density at radius 2 is 1.72 bits per heavy atom. The van der Waals surface area contributed by atoms with Crippen molar-refractivity contribution in [3.05, 3.63) is 59.2 Å². The molecule has 174 valence electrons. The van der Waals surface area contributed by atoms with Gasteiger partial charge in [-0.15, -0.1) is 0 Å². The molecule has 1 saturated heterocycles. The molecule has 1 atom stereocenters. The summed E-state index contributed by atoms with van der Waals surface area (Å²) in [6.07, 6.45) is 3.56. The first kappa shape index (κ1) is 24.3. The highest BCUT2D eigenvalue weighted by Gasteiger charge is 2.28. The molecule has 1 heterocycles. The topological polar surface area (TPSA) is 75.7 Å². The third-order valence-corrected chi connectivity index (χ3v) is 7.95. The minimum Gasteiger partial charge on any atom is -0.497 e. The maximum absolute atomic E-state index is 13.2. The summed E-state index contributed by atoms with van der Waals surface area (Å²) in [5, 5.41) is 3.11. The fraction of sp³-hybridized carbons (Fsp3) is 0.480. The zero-order valence-corrected chi connectivity index (χ0v) is 20.2. The maximum Gasteiger partial charge on any atom is 0.251 e. The van der Waals surface area contributed by atoms with Crippen LogP contribution in [0, 0.1) is 12.8 Å². The molecule has 3 rings (SSSR count). The average molecular weight is 459 g/mol. The van der Waals surface area contributed by atoms with Crippen LogP contribution in [0.4, 0.5) is 0 Å². The van der Waals surface area contributed by atoms with E-state index < -0.39 is 10.0 Å². The van der Waals surface area contributed by atoms with Gasteiger partial charge < -0.3 is 10.1 Å². The molecule has 0 spiro atoms. The second-order valence-corrected chi connectivity index (χ2v) is 10.8. The number of ether oxygens (including phenoxy) is 1. The van der Waals surface area contributed by atoms with Gasteiger partial charge in [0, 0.05) is 18.7 Å². The van der Waals surface area contributed by atoms with Gasteiger partial charge in [0.2, 0.25) is 10.0 Å². The van der Waals surface area contributed by atoms with Crippen molar-refractivity contribution in [2.75, 3.05) is 20.2 Å². The highest BCUT2D eigenvalue weighted by molar-refractivity contribution is 7.89. The van der Waals surface area contributed by atoms with Crippen LogP contribution in [0.25, 0.3) is 0 Å². The second kappa shape index (κ2) is 10.5. The van der Waals surface area contributed by atoms with Crippen LogP contribution in [0.1, 0.15) is 67.1 Å². The lowest BCUT2D eigenvalue weighted by Crippen LogP contribution is -2.36. The van der Waals surface area contributed by atoms with E-state index in [0.29, 0.717) is 30.1 Å². The van der Waals surface area contributed by atoms with Gasteiger partial charge in [0.05, 0.1) is 18.0 Å². The molecule has 0 aliphatic carbocycles. The smallest absolute Gasteiger partial charge is 0.251 e. The van der Waals surface area contributed by atoms with Gasteiger partial charge in [0.25, 0.3) is 5.91 Å². The molecule has 1 amide bonds. The number of methoxy groups -OCH3 is 1. The monoisotopic (exact) mass is 458 g/mol. The van der Waals surface area contributed by atoms with Gasteiger partial charge in [-0.1, -0.05) is 38.5 Å². The molecule has 2 aromatic rings. The molecule has 7 heteroatoms. The van der Waals surface area contributed by atoms with Gasteiger partial charge in [0.15, 0.2) is 0 Å². The number of aryl methyl sites for hydroxylation is 1. The number of carbonyl (C=O) groups excluding carboxylic acids is 1. The van der Waals surface area contributed by atoms with Crippen LogP contribution in [0.3, 0.4) is 0 Å². The first-order valence-corrected chi connectivity index (χ1v) is 12.7. The van der Waals surface area contributed by atoms with Crippen molar-refractivity contribution in [1.82, 2.24) is 9.62 Å². The van der Waals surface area contributed by atoms with Crippen molar-refractivity contribution in [3.63, 3.8) is 0 Å². The lowest BCUT2D eigenvalue weighted by molar-refractivity contribution is 0.0931. The molecular weight excluding hydrogens is 424 g/mol. The Kier molecular flexibility index (Phi) is 7.96. The Bertz CT molecular complexity index is 1030. The molecule has 0 unspecified atom stereocenters. The molecule has 0 bridgehead atoms. The number of hydrogen-bond acceptors (Lipinski definition) is 4. The van der Waals surface area contributed by atoms with E-state index >= 15 is 0 Å². The van der Waals surface area contributed by atoms with Crippen molar-refractivity contribution in [2.24, 2.45) is 5.92 Å². The Labute approximate surface area is 192 Å². The van der Waals surface area contributed by atoms with Crippen molar-refractivity contribution in [1.29, 1.82) is 0 Å². The van der Waals surface area contributed by atoms with Gasteiger partial charge in [-0.3, -0.25) is 4.79 Å². The predicted octanol–water partition coefficient (Wildman–Crippen LogP) is 4.70. The van der Waals surface area contributed by atoms with E-state index in [1.807, 2.05) is 24.3 Å². The summed E-state index contributed by atoms with van der Waals surface area (Å²) < 4.78 is 33.2. The summed E-state index contributed by atoms with van der Waals surface area (Å²) in [4.78, 5) is 13.4. The van der Waals surface area contributed by atoms with Crippen LogP contribution in [0.2, 0.25) is 0 Å². The van der Waals surface area contributed by atoms with E-state index in [0.717, 1.165) is 37.0 Å². The number of rotatable bonds is 8. The first-order chi connectivity index (χ1) is 15.2. The van der Waals surface area contributed by atoms with Gasteiger partial charge >= 0.3 is 0 Å². The van der Waals surface area contributed by atoms with Crippen molar-refractivity contribution < 1.29 is 17.9 Å². The first-order valence-electron chi connectivity index (χ1n) is 11.3. The number of hydrogen-bond donors (Lipinski definition) is 1. The molecule has 0 aromatic heterocycles. The number of carbonyl (C=O) groups is 1. The minimum absolute atomic E-state index is 0.183. The Balaban J connectivity index is 1.86.